The number of rotatable bonds is 5. The molecule has 6 nitrogen and oxygen atoms in total. The van der Waals surface area contributed by atoms with Gasteiger partial charge in [-0.25, -0.2) is 0 Å². The standard InChI is InChI=1S/C16H24ClN3O3.2ClH/c1-11-10-20(5-4-19(11)6-7-22-2)16(21)12-8-13(17)14(18)9-15(12)23-3;;/h8-9,11H,4-7,10,18H2,1-3H3;2*1H. The van der Waals surface area contributed by atoms with E-state index in [1.54, 1.807) is 19.2 Å². The molecule has 2 rings (SSSR count). The summed E-state index contributed by atoms with van der Waals surface area (Å²) in [6, 6.07) is 3.45. The van der Waals surface area contributed by atoms with Crippen molar-refractivity contribution < 1.29 is 14.3 Å². The van der Waals surface area contributed by atoms with Crippen LogP contribution in [0, 0.1) is 0 Å². The SMILES string of the molecule is COCCN1CCN(C(=O)c2cc(Cl)c(N)cc2OC)CC1C.Cl.Cl. The number of carbonyl (C=O) groups excluding carboxylic acids is 1. The first-order valence-corrected chi connectivity index (χ1v) is 8.01. The summed E-state index contributed by atoms with van der Waals surface area (Å²) < 4.78 is 10.4. The molecule has 1 aliphatic heterocycles. The molecule has 2 N–H and O–H groups in total. The zero-order chi connectivity index (χ0) is 17.0. The van der Waals surface area contributed by atoms with E-state index in [2.05, 4.69) is 11.8 Å². The molecule has 0 saturated carbocycles. The summed E-state index contributed by atoms with van der Waals surface area (Å²) in [6.07, 6.45) is 0. The maximum absolute atomic E-state index is 12.8. The summed E-state index contributed by atoms with van der Waals surface area (Å²) in [5.41, 5.74) is 6.62. The molecule has 0 bridgehead atoms. The minimum atomic E-state index is -0.0815. The van der Waals surface area contributed by atoms with Crippen LogP contribution in [0.4, 0.5) is 5.69 Å². The number of halogens is 3. The van der Waals surface area contributed by atoms with Crippen LogP contribution < -0.4 is 10.5 Å². The van der Waals surface area contributed by atoms with Gasteiger partial charge in [0.1, 0.15) is 5.75 Å². The predicted molar refractivity (Wildman–Crippen MR) is 106 cm³/mol. The molecule has 1 atom stereocenters. The Morgan fingerprint density at radius 1 is 1.32 bits per heavy atom. The number of hydrogen-bond acceptors (Lipinski definition) is 5. The second kappa shape index (κ2) is 10.9. The fourth-order valence-electron chi connectivity index (χ4n) is 2.80. The van der Waals surface area contributed by atoms with Gasteiger partial charge in [-0.15, -0.1) is 24.8 Å². The lowest BCUT2D eigenvalue weighted by molar-refractivity contribution is 0.0432. The van der Waals surface area contributed by atoms with Crippen molar-refractivity contribution >= 4 is 48.0 Å². The lowest BCUT2D eigenvalue weighted by Crippen LogP contribution is -2.54. The molecular weight excluding hydrogens is 389 g/mol. The van der Waals surface area contributed by atoms with Crippen molar-refractivity contribution in [3.05, 3.63) is 22.7 Å². The number of anilines is 1. The van der Waals surface area contributed by atoms with E-state index in [0.717, 1.165) is 13.1 Å². The minimum absolute atomic E-state index is 0. The van der Waals surface area contributed by atoms with Gasteiger partial charge in [0.25, 0.3) is 5.91 Å². The van der Waals surface area contributed by atoms with E-state index in [0.29, 0.717) is 41.7 Å². The molecule has 0 radical (unpaired) electrons. The van der Waals surface area contributed by atoms with Gasteiger partial charge in [-0.2, -0.15) is 0 Å². The van der Waals surface area contributed by atoms with Crippen LogP contribution in [0.25, 0.3) is 0 Å². The summed E-state index contributed by atoms with van der Waals surface area (Å²) in [5.74, 6) is 0.369. The van der Waals surface area contributed by atoms with Crippen LogP contribution >= 0.6 is 36.4 Å². The Labute approximate surface area is 166 Å². The average molecular weight is 415 g/mol. The highest BCUT2D eigenvalue weighted by Gasteiger charge is 2.28. The fraction of sp³-hybridized carbons (Fsp3) is 0.562. The Kier molecular flexibility index (Phi) is 10.5. The van der Waals surface area contributed by atoms with E-state index in [-0.39, 0.29) is 36.8 Å². The van der Waals surface area contributed by atoms with Crippen molar-refractivity contribution in [2.75, 3.05) is 52.7 Å². The summed E-state index contributed by atoms with van der Waals surface area (Å²) in [5, 5.41) is 0.362. The molecule has 1 heterocycles. The van der Waals surface area contributed by atoms with Crippen LogP contribution in [0.15, 0.2) is 12.1 Å². The molecule has 1 saturated heterocycles. The molecule has 9 heteroatoms. The van der Waals surface area contributed by atoms with E-state index in [4.69, 9.17) is 26.8 Å². The molecule has 144 valence electrons. The number of nitrogen functional groups attached to an aromatic ring is 1. The van der Waals surface area contributed by atoms with Crippen molar-refractivity contribution in [2.45, 2.75) is 13.0 Å². The zero-order valence-electron chi connectivity index (χ0n) is 14.7. The number of piperazine rings is 1. The minimum Gasteiger partial charge on any atom is -0.496 e. The third-order valence-corrected chi connectivity index (χ3v) is 4.51. The Balaban J connectivity index is 0.00000288. The first-order valence-electron chi connectivity index (χ1n) is 7.63. The molecule has 1 fully saturated rings. The lowest BCUT2D eigenvalue weighted by atomic mass is 10.1. The number of amides is 1. The number of carbonyl (C=O) groups is 1. The van der Waals surface area contributed by atoms with Gasteiger partial charge in [-0.3, -0.25) is 9.69 Å². The van der Waals surface area contributed by atoms with E-state index in [9.17, 15) is 4.79 Å². The van der Waals surface area contributed by atoms with Gasteiger partial charge >= 0.3 is 0 Å². The number of ether oxygens (including phenoxy) is 2. The first kappa shape index (κ1) is 24.1. The topological polar surface area (TPSA) is 68.0 Å². The zero-order valence-corrected chi connectivity index (χ0v) is 17.0. The van der Waals surface area contributed by atoms with Crippen LogP contribution in [-0.2, 0) is 4.74 Å². The highest BCUT2D eigenvalue weighted by molar-refractivity contribution is 6.33. The summed E-state index contributed by atoms with van der Waals surface area (Å²) >= 11 is 6.06. The molecule has 0 aromatic heterocycles. The van der Waals surface area contributed by atoms with Gasteiger partial charge < -0.3 is 20.1 Å². The van der Waals surface area contributed by atoms with Gasteiger partial charge in [-0.05, 0) is 13.0 Å². The molecule has 1 amide bonds. The molecule has 0 aliphatic carbocycles. The fourth-order valence-corrected chi connectivity index (χ4v) is 2.96. The van der Waals surface area contributed by atoms with Crippen molar-refractivity contribution in [1.82, 2.24) is 9.80 Å². The van der Waals surface area contributed by atoms with E-state index in [1.165, 1.54) is 7.11 Å². The Bertz CT molecular complexity index is 575. The van der Waals surface area contributed by atoms with Gasteiger partial charge in [0.15, 0.2) is 0 Å². The highest BCUT2D eigenvalue weighted by atomic mass is 35.5. The van der Waals surface area contributed by atoms with Crippen LogP contribution in [-0.4, -0.2) is 68.8 Å². The van der Waals surface area contributed by atoms with Crippen LogP contribution in [0.1, 0.15) is 17.3 Å². The van der Waals surface area contributed by atoms with Crippen molar-refractivity contribution in [1.29, 1.82) is 0 Å². The maximum Gasteiger partial charge on any atom is 0.257 e. The average Bonchev–Trinajstić information content (AvgIpc) is 2.55. The molecule has 1 unspecified atom stereocenters. The number of hydrogen-bond donors (Lipinski definition) is 1. The predicted octanol–water partition coefficient (Wildman–Crippen LogP) is 2.57. The monoisotopic (exact) mass is 413 g/mol. The van der Waals surface area contributed by atoms with E-state index in [1.807, 2.05) is 4.90 Å². The third kappa shape index (κ3) is 5.79. The normalized spacial score (nSPS) is 17.4. The Hall–Kier alpha value is -0.920. The molecule has 0 spiro atoms. The number of methoxy groups -OCH3 is 2. The van der Waals surface area contributed by atoms with Crippen molar-refractivity contribution in [2.24, 2.45) is 0 Å². The molecular formula is C16H26Cl3N3O3. The Morgan fingerprint density at radius 2 is 2.00 bits per heavy atom. The molecule has 1 aromatic carbocycles. The smallest absolute Gasteiger partial charge is 0.257 e. The first-order chi connectivity index (χ1) is 11.0. The molecule has 1 aromatic rings. The van der Waals surface area contributed by atoms with E-state index >= 15 is 0 Å². The van der Waals surface area contributed by atoms with Gasteiger partial charge in [-0.1, -0.05) is 11.6 Å². The summed E-state index contributed by atoms with van der Waals surface area (Å²) in [4.78, 5) is 17.0. The van der Waals surface area contributed by atoms with Crippen molar-refractivity contribution in [3.8, 4) is 5.75 Å². The number of nitrogens with zero attached hydrogens (tertiary/aromatic N) is 2. The van der Waals surface area contributed by atoms with Crippen LogP contribution in [0.3, 0.4) is 0 Å². The maximum atomic E-state index is 12.8. The number of benzene rings is 1. The second-order valence-corrected chi connectivity index (χ2v) is 6.11. The van der Waals surface area contributed by atoms with Crippen molar-refractivity contribution in [3.63, 3.8) is 0 Å². The van der Waals surface area contributed by atoms with Crippen LogP contribution in [0.5, 0.6) is 5.75 Å². The Morgan fingerprint density at radius 3 is 2.56 bits per heavy atom. The summed E-state index contributed by atoms with van der Waals surface area (Å²) in [7, 11) is 3.21. The van der Waals surface area contributed by atoms with Gasteiger partial charge in [0.05, 0.1) is 30.0 Å². The van der Waals surface area contributed by atoms with E-state index < -0.39 is 0 Å². The second-order valence-electron chi connectivity index (χ2n) is 5.70. The third-order valence-electron chi connectivity index (χ3n) is 4.18. The van der Waals surface area contributed by atoms with Crippen LogP contribution in [0.2, 0.25) is 5.02 Å². The van der Waals surface area contributed by atoms with Gasteiger partial charge in [0.2, 0.25) is 0 Å². The summed E-state index contributed by atoms with van der Waals surface area (Å²) in [6.45, 7) is 5.83. The number of nitrogens with two attached hydrogens (primary N) is 1. The molecule has 1 aliphatic rings. The largest absolute Gasteiger partial charge is 0.496 e. The molecule has 25 heavy (non-hydrogen) atoms. The highest BCUT2D eigenvalue weighted by Crippen LogP contribution is 2.30. The lowest BCUT2D eigenvalue weighted by Gasteiger charge is -2.39. The quantitative estimate of drug-likeness (QED) is 0.750. The van der Waals surface area contributed by atoms with Gasteiger partial charge in [0, 0.05) is 45.4 Å².